The fraction of sp³-hybridized carbons (Fsp3) is 0.500. The van der Waals surface area contributed by atoms with E-state index in [1.54, 1.807) is 25.1 Å². The van der Waals surface area contributed by atoms with Crippen molar-refractivity contribution in [1.29, 1.82) is 0 Å². The maximum atomic E-state index is 12.1. The van der Waals surface area contributed by atoms with Crippen molar-refractivity contribution in [1.82, 2.24) is 5.32 Å². The Morgan fingerprint density at radius 3 is 2.63 bits per heavy atom. The molecule has 9 heteroatoms. The first kappa shape index (κ1) is 20.3. The molecule has 1 unspecified atom stereocenters. The van der Waals surface area contributed by atoms with Crippen LogP contribution in [0.25, 0.3) is 0 Å². The predicted octanol–water partition coefficient (Wildman–Crippen LogP) is 1.49. The summed E-state index contributed by atoms with van der Waals surface area (Å²) in [5.41, 5.74) is 0.605. The summed E-state index contributed by atoms with van der Waals surface area (Å²) < 4.78 is 20.5. The smallest absolute Gasteiger partial charge is 0.414 e. The van der Waals surface area contributed by atoms with Gasteiger partial charge in [0.15, 0.2) is 11.5 Å². The average Bonchev–Trinajstić information content (AvgIpc) is 3.05. The van der Waals surface area contributed by atoms with E-state index in [0.717, 1.165) is 0 Å². The molecule has 1 aromatic carbocycles. The first-order valence-corrected chi connectivity index (χ1v) is 8.61. The van der Waals surface area contributed by atoms with E-state index in [2.05, 4.69) is 5.32 Å². The van der Waals surface area contributed by atoms with Crippen LogP contribution in [0.2, 0.25) is 0 Å². The molecule has 148 valence electrons. The van der Waals surface area contributed by atoms with Gasteiger partial charge in [0, 0.05) is 12.5 Å². The van der Waals surface area contributed by atoms with Crippen molar-refractivity contribution in [3.63, 3.8) is 0 Å². The van der Waals surface area contributed by atoms with E-state index in [1.807, 2.05) is 0 Å². The lowest BCUT2D eigenvalue weighted by atomic mass is 10.2. The van der Waals surface area contributed by atoms with Crippen LogP contribution in [0.15, 0.2) is 18.2 Å². The number of nitrogens with one attached hydrogen (secondary N) is 1. The lowest BCUT2D eigenvalue weighted by Gasteiger charge is -2.15. The molecular formula is C18H24N2O7. The Morgan fingerprint density at radius 2 is 1.96 bits per heavy atom. The molecule has 0 bridgehead atoms. The van der Waals surface area contributed by atoms with Crippen molar-refractivity contribution >= 4 is 23.7 Å². The van der Waals surface area contributed by atoms with Gasteiger partial charge in [-0.3, -0.25) is 14.5 Å². The number of methoxy groups -OCH3 is 2. The number of nitrogens with zero attached hydrogens (tertiary/aromatic N) is 1. The zero-order chi connectivity index (χ0) is 19.8. The summed E-state index contributed by atoms with van der Waals surface area (Å²) in [6, 6.07) is 5.11. The second kappa shape index (κ2) is 9.65. The molecule has 9 nitrogen and oxygen atoms in total. The van der Waals surface area contributed by atoms with E-state index >= 15 is 0 Å². The molecule has 1 atom stereocenters. The first-order chi connectivity index (χ1) is 13.0. The number of rotatable bonds is 9. The van der Waals surface area contributed by atoms with E-state index in [9.17, 15) is 14.4 Å². The number of ether oxygens (including phenoxy) is 4. The van der Waals surface area contributed by atoms with Gasteiger partial charge in [0.25, 0.3) is 0 Å². The molecule has 1 aliphatic rings. The summed E-state index contributed by atoms with van der Waals surface area (Å²) in [6.07, 6.45) is -0.953. The highest BCUT2D eigenvalue weighted by Gasteiger charge is 2.33. The molecule has 1 aromatic rings. The van der Waals surface area contributed by atoms with Crippen molar-refractivity contribution < 1.29 is 33.3 Å². The molecular weight excluding hydrogens is 356 g/mol. The predicted molar refractivity (Wildman–Crippen MR) is 96.0 cm³/mol. The van der Waals surface area contributed by atoms with Crippen molar-refractivity contribution in [2.75, 3.05) is 38.8 Å². The third-order valence-electron chi connectivity index (χ3n) is 3.94. The largest absolute Gasteiger partial charge is 0.493 e. The Morgan fingerprint density at radius 1 is 1.22 bits per heavy atom. The number of carbonyl (C=O) groups is 3. The van der Waals surface area contributed by atoms with Crippen molar-refractivity contribution in [2.45, 2.75) is 25.9 Å². The molecule has 27 heavy (non-hydrogen) atoms. The highest BCUT2D eigenvalue weighted by atomic mass is 16.6. The Kier molecular flexibility index (Phi) is 7.27. The van der Waals surface area contributed by atoms with Crippen LogP contribution in [0.1, 0.15) is 19.8 Å². The maximum Gasteiger partial charge on any atom is 0.414 e. The van der Waals surface area contributed by atoms with Crippen LogP contribution in [0, 0.1) is 0 Å². The van der Waals surface area contributed by atoms with Gasteiger partial charge in [0.2, 0.25) is 5.91 Å². The molecule has 1 saturated heterocycles. The van der Waals surface area contributed by atoms with Gasteiger partial charge in [0.1, 0.15) is 6.10 Å². The van der Waals surface area contributed by atoms with Gasteiger partial charge >= 0.3 is 12.1 Å². The van der Waals surface area contributed by atoms with Gasteiger partial charge in [-0.1, -0.05) is 0 Å². The number of benzene rings is 1. The third kappa shape index (κ3) is 5.50. The standard InChI is InChI=1S/C18H24N2O7/c1-4-26-17(22)8-7-16(21)19-10-13-11-20(18(23)27-13)12-5-6-14(24-2)15(9-12)25-3/h5-6,9,13H,4,7-8,10-11H2,1-3H3,(H,19,21). The number of hydrogen-bond acceptors (Lipinski definition) is 7. The summed E-state index contributed by atoms with van der Waals surface area (Å²) in [7, 11) is 3.04. The summed E-state index contributed by atoms with van der Waals surface area (Å²) >= 11 is 0. The number of anilines is 1. The zero-order valence-electron chi connectivity index (χ0n) is 15.6. The fourth-order valence-electron chi connectivity index (χ4n) is 2.60. The monoisotopic (exact) mass is 380 g/mol. The summed E-state index contributed by atoms with van der Waals surface area (Å²) in [6.45, 7) is 2.44. The molecule has 1 aliphatic heterocycles. The number of carbonyl (C=O) groups excluding carboxylic acids is 3. The van der Waals surface area contributed by atoms with Crippen molar-refractivity contribution in [3.05, 3.63) is 18.2 Å². The van der Waals surface area contributed by atoms with Gasteiger partial charge in [-0.05, 0) is 19.1 Å². The fourth-order valence-corrected chi connectivity index (χ4v) is 2.60. The minimum absolute atomic E-state index is 0.0158. The molecule has 0 spiro atoms. The van der Waals surface area contributed by atoms with E-state index in [-0.39, 0.29) is 38.4 Å². The van der Waals surface area contributed by atoms with Gasteiger partial charge in [-0.25, -0.2) is 4.79 Å². The Hall–Kier alpha value is -2.97. The lowest BCUT2D eigenvalue weighted by Crippen LogP contribution is -2.34. The number of hydrogen-bond donors (Lipinski definition) is 1. The van der Waals surface area contributed by atoms with Gasteiger partial charge in [-0.15, -0.1) is 0 Å². The van der Waals surface area contributed by atoms with Crippen LogP contribution in [-0.2, 0) is 19.1 Å². The maximum absolute atomic E-state index is 12.1. The Labute approximate surface area is 157 Å². The van der Waals surface area contributed by atoms with Crippen LogP contribution in [0.4, 0.5) is 10.5 Å². The second-order valence-corrected chi connectivity index (χ2v) is 5.76. The highest BCUT2D eigenvalue weighted by Crippen LogP contribution is 2.33. The SMILES string of the molecule is CCOC(=O)CCC(=O)NCC1CN(c2ccc(OC)c(OC)c2)C(=O)O1. The Balaban J connectivity index is 1.86. The molecule has 0 radical (unpaired) electrons. The van der Waals surface area contributed by atoms with E-state index in [1.165, 1.54) is 19.1 Å². The van der Waals surface area contributed by atoms with Crippen LogP contribution in [0.5, 0.6) is 11.5 Å². The molecule has 0 saturated carbocycles. The molecule has 1 heterocycles. The van der Waals surface area contributed by atoms with Crippen molar-refractivity contribution in [3.8, 4) is 11.5 Å². The quantitative estimate of drug-likeness (QED) is 0.647. The van der Waals surface area contributed by atoms with Crippen LogP contribution < -0.4 is 19.7 Å². The molecule has 0 aromatic heterocycles. The molecule has 1 N–H and O–H groups in total. The van der Waals surface area contributed by atoms with Crippen LogP contribution in [-0.4, -0.2) is 58.0 Å². The van der Waals surface area contributed by atoms with Crippen LogP contribution in [0.3, 0.4) is 0 Å². The highest BCUT2D eigenvalue weighted by molar-refractivity contribution is 5.90. The van der Waals surface area contributed by atoms with Gasteiger partial charge in [0.05, 0.1) is 46.0 Å². The average molecular weight is 380 g/mol. The minimum Gasteiger partial charge on any atom is -0.493 e. The summed E-state index contributed by atoms with van der Waals surface area (Å²) in [5, 5.41) is 2.66. The number of cyclic esters (lactones) is 1. The second-order valence-electron chi connectivity index (χ2n) is 5.76. The van der Waals surface area contributed by atoms with Crippen LogP contribution >= 0.6 is 0 Å². The summed E-state index contributed by atoms with van der Waals surface area (Å²) in [5.74, 6) is 0.334. The third-order valence-corrected chi connectivity index (χ3v) is 3.94. The van der Waals surface area contributed by atoms with E-state index in [0.29, 0.717) is 17.2 Å². The van der Waals surface area contributed by atoms with E-state index in [4.69, 9.17) is 18.9 Å². The summed E-state index contributed by atoms with van der Waals surface area (Å²) in [4.78, 5) is 36.6. The first-order valence-electron chi connectivity index (χ1n) is 8.61. The minimum atomic E-state index is -0.506. The zero-order valence-corrected chi connectivity index (χ0v) is 15.6. The normalized spacial score (nSPS) is 15.9. The molecule has 2 amide bonds. The molecule has 2 rings (SSSR count). The van der Waals surface area contributed by atoms with Gasteiger partial charge < -0.3 is 24.3 Å². The van der Waals surface area contributed by atoms with Gasteiger partial charge in [-0.2, -0.15) is 0 Å². The molecule has 1 fully saturated rings. The lowest BCUT2D eigenvalue weighted by molar-refractivity contribution is -0.144. The Bertz CT molecular complexity index is 692. The van der Waals surface area contributed by atoms with Crippen molar-refractivity contribution in [2.24, 2.45) is 0 Å². The molecule has 0 aliphatic carbocycles. The number of esters is 1. The number of amides is 2. The topological polar surface area (TPSA) is 103 Å². The van der Waals surface area contributed by atoms with E-state index < -0.39 is 18.2 Å².